The second-order valence-electron chi connectivity index (χ2n) is 2.49. The molecule has 0 bridgehead atoms. The molecule has 0 atom stereocenters. The summed E-state index contributed by atoms with van der Waals surface area (Å²) in [5.74, 6) is 0.583. The predicted molar refractivity (Wildman–Crippen MR) is 44.3 cm³/mol. The lowest BCUT2D eigenvalue weighted by Crippen LogP contribution is -1.84. The lowest BCUT2D eigenvalue weighted by Gasteiger charge is -1.89. The molecule has 2 aromatic rings. The average molecular weight is 163 g/mol. The van der Waals surface area contributed by atoms with Crippen LogP contribution < -0.4 is 0 Å². The van der Waals surface area contributed by atoms with E-state index in [9.17, 15) is 0 Å². The molecule has 4 nitrogen and oxygen atoms in total. The van der Waals surface area contributed by atoms with Gasteiger partial charge in [0.1, 0.15) is 12.4 Å². The van der Waals surface area contributed by atoms with E-state index < -0.39 is 0 Å². The number of rotatable bonds is 2. The molecule has 0 unspecified atom stereocenters. The minimum absolute atomic E-state index is 0.0549. The summed E-state index contributed by atoms with van der Waals surface area (Å²) in [7, 11) is 0. The molecule has 3 N–H and O–H groups in total. The van der Waals surface area contributed by atoms with E-state index in [-0.39, 0.29) is 6.61 Å². The van der Waals surface area contributed by atoms with E-state index in [0.29, 0.717) is 5.82 Å². The van der Waals surface area contributed by atoms with Crippen molar-refractivity contribution in [1.82, 2.24) is 15.0 Å². The van der Waals surface area contributed by atoms with Gasteiger partial charge < -0.3 is 15.1 Å². The normalized spacial score (nSPS) is 10.4. The fraction of sp³-hybridized carbons (Fsp3) is 0.125. The molecule has 2 rings (SSSR count). The van der Waals surface area contributed by atoms with Crippen molar-refractivity contribution in [1.29, 1.82) is 0 Å². The Bertz CT molecular complexity index is 350. The number of hydrogen-bond acceptors (Lipinski definition) is 2. The lowest BCUT2D eigenvalue weighted by molar-refractivity contribution is 0.272. The number of aliphatic hydroxyl groups is 1. The summed E-state index contributed by atoms with van der Waals surface area (Å²) in [5, 5.41) is 8.74. The van der Waals surface area contributed by atoms with Gasteiger partial charge in [0, 0.05) is 6.20 Å². The van der Waals surface area contributed by atoms with Crippen molar-refractivity contribution in [2.75, 3.05) is 0 Å². The van der Waals surface area contributed by atoms with E-state index in [1.165, 1.54) is 0 Å². The van der Waals surface area contributed by atoms with Crippen LogP contribution in [0.5, 0.6) is 0 Å². The third-order valence-electron chi connectivity index (χ3n) is 1.67. The van der Waals surface area contributed by atoms with Crippen molar-refractivity contribution in [3.05, 3.63) is 30.4 Å². The molecule has 2 heterocycles. The number of aromatic amines is 2. The van der Waals surface area contributed by atoms with Gasteiger partial charge in [0.25, 0.3) is 0 Å². The third-order valence-corrected chi connectivity index (χ3v) is 1.67. The number of imidazole rings is 1. The van der Waals surface area contributed by atoms with E-state index >= 15 is 0 Å². The Morgan fingerprint density at radius 2 is 2.33 bits per heavy atom. The summed E-state index contributed by atoms with van der Waals surface area (Å²) in [6.45, 7) is -0.0549. The quantitative estimate of drug-likeness (QED) is 0.615. The molecular formula is C8H9N3O. The Balaban J connectivity index is 2.35. The number of nitrogens with one attached hydrogen (secondary N) is 2. The number of aromatic nitrogens is 3. The summed E-state index contributed by atoms with van der Waals surface area (Å²) in [6, 6.07) is 3.85. The van der Waals surface area contributed by atoms with Crippen LogP contribution in [0.2, 0.25) is 0 Å². The Kier molecular flexibility index (Phi) is 1.68. The first-order valence-corrected chi connectivity index (χ1v) is 3.68. The van der Waals surface area contributed by atoms with Crippen LogP contribution in [0.15, 0.2) is 24.5 Å². The highest BCUT2D eigenvalue weighted by Crippen LogP contribution is 2.13. The van der Waals surface area contributed by atoms with E-state index in [1.807, 2.05) is 18.3 Å². The van der Waals surface area contributed by atoms with Gasteiger partial charge in [-0.25, -0.2) is 4.98 Å². The Labute approximate surface area is 69.3 Å². The molecule has 0 aliphatic heterocycles. The largest absolute Gasteiger partial charge is 0.388 e. The Morgan fingerprint density at radius 3 is 2.92 bits per heavy atom. The zero-order valence-electron chi connectivity index (χ0n) is 6.41. The zero-order valence-corrected chi connectivity index (χ0v) is 6.41. The maximum Gasteiger partial charge on any atom is 0.132 e. The van der Waals surface area contributed by atoms with Gasteiger partial charge in [0.2, 0.25) is 0 Å². The van der Waals surface area contributed by atoms with Gasteiger partial charge in [-0.3, -0.25) is 0 Å². The molecule has 0 radical (unpaired) electrons. The van der Waals surface area contributed by atoms with Crippen LogP contribution >= 0.6 is 0 Å². The lowest BCUT2D eigenvalue weighted by atomic mass is 10.3. The SMILES string of the molecule is OCc1ncc(-c2ccc[nH]2)[nH]1. The topological polar surface area (TPSA) is 64.7 Å². The summed E-state index contributed by atoms with van der Waals surface area (Å²) in [4.78, 5) is 9.98. The highest BCUT2D eigenvalue weighted by molar-refractivity contribution is 5.52. The highest BCUT2D eigenvalue weighted by atomic mass is 16.3. The molecule has 62 valence electrons. The van der Waals surface area contributed by atoms with Crippen molar-refractivity contribution in [2.24, 2.45) is 0 Å². The fourth-order valence-electron chi connectivity index (χ4n) is 1.08. The number of aliphatic hydroxyl groups excluding tert-OH is 1. The molecular weight excluding hydrogens is 154 g/mol. The van der Waals surface area contributed by atoms with E-state index in [4.69, 9.17) is 5.11 Å². The van der Waals surface area contributed by atoms with Crippen LogP contribution in [0.4, 0.5) is 0 Å². The number of nitrogens with zero attached hydrogens (tertiary/aromatic N) is 1. The van der Waals surface area contributed by atoms with Crippen molar-refractivity contribution in [3.8, 4) is 11.4 Å². The van der Waals surface area contributed by atoms with Gasteiger partial charge in [-0.1, -0.05) is 0 Å². The van der Waals surface area contributed by atoms with Gasteiger partial charge in [0.15, 0.2) is 0 Å². The Hall–Kier alpha value is -1.55. The highest BCUT2D eigenvalue weighted by Gasteiger charge is 2.01. The first-order valence-electron chi connectivity index (χ1n) is 3.68. The van der Waals surface area contributed by atoms with Crippen LogP contribution in [-0.2, 0) is 6.61 Å². The summed E-state index contributed by atoms with van der Waals surface area (Å²) < 4.78 is 0. The minimum atomic E-state index is -0.0549. The average Bonchev–Trinajstić information content (AvgIpc) is 2.75. The smallest absolute Gasteiger partial charge is 0.132 e. The molecule has 0 saturated carbocycles. The molecule has 0 aliphatic rings. The number of hydrogen-bond donors (Lipinski definition) is 3. The predicted octanol–water partition coefficient (Wildman–Crippen LogP) is 0.897. The van der Waals surface area contributed by atoms with Crippen LogP contribution in [0.3, 0.4) is 0 Å². The van der Waals surface area contributed by atoms with Crippen LogP contribution in [0.1, 0.15) is 5.82 Å². The summed E-state index contributed by atoms with van der Waals surface area (Å²) in [6.07, 6.45) is 3.53. The number of H-pyrrole nitrogens is 2. The van der Waals surface area contributed by atoms with Gasteiger partial charge in [-0.15, -0.1) is 0 Å². The maximum atomic E-state index is 8.74. The molecule has 4 heteroatoms. The third kappa shape index (κ3) is 1.12. The Morgan fingerprint density at radius 1 is 1.42 bits per heavy atom. The van der Waals surface area contributed by atoms with Gasteiger partial charge in [0.05, 0.1) is 17.6 Å². The molecule has 0 aliphatic carbocycles. The van der Waals surface area contributed by atoms with E-state index in [0.717, 1.165) is 11.4 Å². The van der Waals surface area contributed by atoms with Gasteiger partial charge in [-0.05, 0) is 12.1 Å². The molecule has 12 heavy (non-hydrogen) atoms. The van der Waals surface area contributed by atoms with Crippen molar-refractivity contribution < 1.29 is 5.11 Å². The van der Waals surface area contributed by atoms with E-state index in [1.54, 1.807) is 6.20 Å². The molecule has 0 fully saturated rings. The van der Waals surface area contributed by atoms with Crippen molar-refractivity contribution >= 4 is 0 Å². The molecule has 0 aromatic carbocycles. The maximum absolute atomic E-state index is 8.74. The fourth-order valence-corrected chi connectivity index (χ4v) is 1.08. The van der Waals surface area contributed by atoms with Gasteiger partial charge >= 0.3 is 0 Å². The van der Waals surface area contributed by atoms with Gasteiger partial charge in [-0.2, -0.15) is 0 Å². The second-order valence-corrected chi connectivity index (χ2v) is 2.49. The van der Waals surface area contributed by atoms with Crippen LogP contribution in [0, 0.1) is 0 Å². The molecule has 0 amide bonds. The molecule has 0 spiro atoms. The second kappa shape index (κ2) is 2.83. The standard InChI is InChI=1S/C8H9N3O/c12-5-8-10-4-7(11-8)6-2-1-3-9-6/h1-4,9,12H,5H2,(H,10,11). The first kappa shape index (κ1) is 7.12. The minimum Gasteiger partial charge on any atom is -0.388 e. The van der Waals surface area contributed by atoms with E-state index in [2.05, 4.69) is 15.0 Å². The molecule has 0 saturated heterocycles. The van der Waals surface area contributed by atoms with Crippen molar-refractivity contribution in [3.63, 3.8) is 0 Å². The summed E-state index contributed by atoms with van der Waals surface area (Å²) >= 11 is 0. The molecule has 2 aromatic heterocycles. The van der Waals surface area contributed by atoms with Crippen molar-refractivity contribution in [2.45, 2.75) is 6.61 Å². The van der Waals surface area contributed by atoms with Crippen LogP contribution in [0.25, 0.3) is 11.4 Å². The zero-order chi connectivity index (χ0) is 8.39. The van der Waals surface area contributed by atoms with Crippen LogP contribution in [-0.4, -0.2) is 20.1 Å². The first-order chi connectivity index (χ1) is 5.90. The summed E-state index contributed by atoms with van der Waals surface area (Å²) in [5.41, 5.74) is 1.87. The monoisotopic (exact) mass is 163 g/mol.